The van der Waals surface area contributed by atoms with Gasteiger partial charge in [0.2, 0.25) is 5.96 Å². The fourth-order valence-corrected chi connectivity index (χ4v) is 2.17. The molecule has 7 heteroatoms. The van der Waals surface area contributed by atoms with Gasteiger partial charge in [-0.25, -0.2) is 4.98 Å². The van der Waals surface area contributed by atoms with Gasteiger partial charge in [-0.3, -0.25) is 10.3 Å². The summed E-state index contributed by atoms with van der Waals surface area (Å²) in [6.07, 6.45) is 4.54. The summed E-state index contributed by atoms with van der Waals surface area (Å²) in [7, 11) is 1.64. The molecule has 0 amide bonds. The zero-order valence-electron chi connectivity index (χ0n) is 10.7. The minimum Gasteiger partial charge on any atom is -0.355 e. The fraction of sp³-hybridized carbons (Fsp3) is 0.545. The molecule has 1 heterocycles. The van der Waals surface area contributed by atoms with Crippen LogP contribution in [0.3, 0.4) is 0 Å². The van der Waals surface area contributed by atoms with E-state index in [2.05, 4.69) is 25.6 Å². The first-order valence-electron chi connectivity index (χ1n) is 5.70. The summed E-state index contributed by atoms with van der Waals surface area (Å²) in [4.78, 5) is 11.2. The number of hydrogen-bond acceptors (Lipinski definition) is 4. The van der Waals surface area contributed by atoms with Gasteiger partial charge in [-0.05, 0) is 12.7 Å². The Hall–Kier alpha value is -1.68. The monoisotopic (exact) mass is 266 g/mol. The number of aromatic amines is 1. The number of nitriles is 1. The molecular weight excluding hydrogens is 248 g/mol. The topological polar surface area (TPSA) is 88.9 Å². The normalized spacial score (nSPS) is 11.1. The Kier molecular flexibility index (Phi) is 6.72. The highest BCUT2D eigenvalue weighted by molar-refractivity contribution is 7.99. The van der Waals surface area contributed by atoms with E-state index in [0.717, 1.165) is 35.9 Å². The number of nitrogens with zero attached hydrogens (tertiary/aromatic N) is 3. The molecule has 0 unspecified atom stereocenters. The number of thioether (sulfide) groups is 1. The number of aliphatic imine (C=N–C) groups is 1. The van der Waals surface area contributed by atoms with Crippen LogP contribution in [-0.2, 0) is 6.42 Å². The first-order valence-corrected chi connectivity index (χ1v) is 6.85. The van der Waals surface area contributed by atoms with Crippen molar-refractivity contribution in [2.45, 2.75) is 13.3 Å². The van der Waals surface area contributed by atoms with Gasteiger partial charge in [0, 0.05) is 31.5 Å². The third-order valence-electron chi connectivity index (χ3n) is 2.35. The minimum absolute atomic E-state index is 0.515. The first kappa shape index (κ1) is 14.4. The first-order chi connectivity index (χ1) is 8.77. The lowest BCUT2D eigenvalue weighted by Gasteiger charge is -2.06. The maximum atomic E-state index is 8.44. The molecule has 3 N–H and O–H groups in total. The summed E-state index contributed by atoms with van der Waals surface area (Å²) in [6.45, 7) is 2.82. The zero-order valence-corrected chi connectivity index (χ0v) is 11.5. The number of aromatic nitrogens is 2. The molecule has 0 saturated heterocycles. The van der Waals surface area contributed by atoms with E-state index in [9.17, 15) is 0 Å². The molecule has 98 valence electrons. The molecule has 0 aromatic carbocycles. The van der Waals surface area contributed by atoms with Crippen LogP contribution in [0, 0.1) is 18.4 Å². The SMILES string of the molecule is CN=C(NC#N)NCCSCCc1nc[nH]c1C. The van der Waals surface area contributed by atoms with E-state index in [4.69, 9.17) is 5.26 Å². The molecule has 18 heavy (non-hydrogen) atoms. The average Bonchev–Trinajstić information content (AvgIpc) is 2.78. The molecule has 1 rings (SSSR count). The third-order valence-corrected chi connectivity index (χ3v) is 3.34. The molecule has 1 aromatic heterocycles. The number of imidazole rings is 1. The Morgan fingerprint density at radius 3 is 3.06 bits per heavy atom. The van der Waals surface area contributed by atoms with Gasteiger partial charge >= 0.3 is 0 Å². The van der Waals surface area contributed by atoms with Crippen LogP contribution in [0.4, 0.5) is 0 Å². The Labute approximate surface area is 111 Å². The number of aryl methyl sites for hydroxylation is 2. The van der Waals surface area contributed by atoms with Gasteiger partial charge in [0.25, 0.3) is 0 Å². The van der Waals surface area contributed by atoms with E-state index < -0.39 is 0 Å². The Bertz CT molecular complexity index is 419. The van der Waals surface area contributed by atoms with Crippen LogP contribution in [0.25, 0.3) is 0 Å². The van der Waals surface area contributed by atoms with Crippen molar-refractivity contribution in [1.82, 2.24) is 20.6 Å². The second kappa shape index (κ2) is 8.42. The fourth-order valence-electron chi connectivity index (χ4n) is 1.38. The summed E-state index contributed by atoms with van der Waals surface area (Å²) in [5.41, 5.74) is 2.28. The van der Waals surface area contributed by atoms with Gasteiger partial charge < -0.3 is 10.3 Å². The molecule has 0 spiro atoms. The van der Waals surface area contributed by atoms with Crippen molar-refractivity contribution >= 4 is 17.7 Å². The van der Waals surface area contributed by atoms with Crippen molar-refractivity contribution in [3.8, 4) is 6.19 Å². The molecule has 0 aliphatic heterocycles. The maximum absolute atomic E-state index is 8.44. The molecule has 0 atom stereocenters. The van der Waals surface area contributed by atoms with Crippen LogP contribution in [0.2, 0.25) is 0 Å². The van der Waals surface area contributed by atoms with Crippen LogP contribution in [0.5, 0.6) is 0 Å². The highest BCUT2D eigenvalue weighted by atomic mass is 32.2. The largest absolute Gasteiger partial charge is 0.355 e. The van der Waals surface area contributed by atoms with E-state index >= 15 is 0 Å². The maximum Gasteiger partial charge on any atom is 0.204 e. The van der Waals surface area contributed by atoms with E-state index in [0.29, 0.717) is 5.96 Å². The lowest BCUT2D eigenvalue weighted by atomic mass is 10.3. The minimum atomic E-state index is 0.515. The van der Waals surface area contributed by atoms with Crippen molar-refractivity contribution in [3.05, 3.63) is 17.7 Å². The van der Waals surface area contributed by atoms with E-state index in [-0.39, 0.29) is 0 Å². The summed E-state index contributed by atoms with van der Waals surface area (Å²) in [6, 6.07) is 0. The van der Waals surface area contributed by atoms with Crippen molar-refractivity contribution in [3.63, 3.8) is 0 Å². The average molecular weight is 266 g/mol. The van der Waals surface area contributed by atoms with Crippen molar-refractivity contribution in [2.24, 2.45) is 4.99 Å². The molecule has 0 radical (unpaired) electrons. The summed E-state index contributed by atoms with van der Waals surface area (Å²) in [5, 5.41) is 14.0. The van der Waals surface area contributed by atoms with Crippen molar-refractivity contribution < 1.29 is 0 Å². The second-order valence-electron chi connectivity index (χ2n) is 3.57. The van der Waals surface area contributed by atoms with Gasteiger partial charge in [-0.15, -0.1) is 0 Å². The second-order valence-corrected chi connectivity index (χ2v) is 4.80. The van der Waals surface area contributed by atoms with Crippen molar-refractivity contribution in [2.75, 3.05) is 25.1 Å². The lowest BCUT2D eigenvalue weighted by molar-refractivity contribution is 0.929. The van der Waals surface area contributed by atoms with Crippen LogP contribution >= 0.6 is 11.8 Å². The van der Waals surface area contributed by atoms with E-state index in [1.165, 1.54) is 0 Å². The third kappa shape index (κ3) is 5.10. The van der Waals surface area contributed by atoms with Crippen molar-refractivity contribution in [1.29, 1.82) is 5.26 Å². The van der Waals surface area contributed by atoms with Crippen LogP contribution in [-0.4, -0.2) is 41.0 Å². The molecule has 1 aromatic rings. The summed E-state index contributed by atoms with van der Waals surface area (Å²) < 4.78 is 0. The van der Waals surface area contributed by atoms with Crippen LogP contribution in [0.15, 0.2) is 11.3 Å². The van der Waals surface area contributed by atoms with Crippen LogP contribution in [0.1, 0.15) is 11.4 Å². The van der Waals surface area contributed by atoms with Gasteiger partial charge in [0.05, 0.1) is 12.0 Å². The zero-order chi connectivity index (χ0) is 13.2. The highest BCUT2D eigenvalue weighted by Crippen LogP contribution is 2.06. The van der Waals surface area contributed by atoms with Gasteiger partial charge in [-0.2, -0.15) is 17.0 Å². The number of nitrogens with one attached hydrogen (secondary N) is 3. The number of H-pyrrole nitrogens is 1. The van der Waals surface area contributed by atoms with E-state index in [1.54, 1.807) is 13.4 Å². The van der Waals surface area contributed by atoms with Gasteiger partial charge in [0.15, 0.2) is 6.19 Å². The van der Waals surface area contributed by atoms with Gasteiger partial charge in [-0.1, -0.05) is 0 Å². The molecular formula is C11H18N6S. The Morgan fingerprint density at radius 1 is 1.61 bits per heavy atom. The lowest BCUT2D eigenvalue weighted by Crippen LogP contribution is -2.35. The molecule has 0 bridgehead atoms. The number of rotatable bonds is 6. The Morgan fingerprint density at radius 2 is 2.44 bits per heavy atom. The number of hydrogen-bond donors (Lipinski definition) is 3. The Balaban J connectivity index is 2.06. The standard InChI is InChI=1S/C11H18N6S/c1-9-10(17-8-16-9)3-5-18-6-4-14-11(13-2)15-7-12/h8H,3-6H2,1-2H3,(H,16,17)(H2,13,14,15). The smallest absolute Gasteiger partial charge is 0.204 e. The van der Waals surface area contributed by atoms with Gasteiger partial charge in [0.1, 0.15) is 0 Å². The summed E-state index contributed by atoms with van der Waals surface area (Å²) in [5.74, 6) is 2.52. The van der Waals surface area contributed by atoms with Crippen LogP contribution < -0.4 is 10.6 Å². The highest BCUT2D eigenvalue weighted by Gasteiger charge is 2.00. The molecule has 0 fully saturated rings. The quantitative estimate of drug-likeness (QED) is 0.231. The molecule has 0 saturated carbocycles. The predicted molar refractivity (Wildman–Crippen MR) is 74.5 cm³/mol. The summed E-state index contributed by atoms with van der Waals surface area (Å²) >= 11 is 1.85. The molecule has 6 nitrogen and oxygen atoms in total. The predicted octanol–water partition coefficient (Wildman–Crippen LogP) is 0.640. The number of guanidine groups is 1. The molecule has 0 aliphatic carbocycles. The van der Waals surface area contributed by atoms with E-state index in [1.807, 2.05) is 24.9 Å². The molecule has 0 aliphatic rings.